The summed E-state index contributed by atoms with van der Waals surface area (Å²) < 4.78 is 7.48. The van der Waals surface area contributed by atoms with E-state index in [1.54, 1.807) is 15.9 Å². The molecule has 7 nitrogen and oxygen atoms in total. The van der Waals surface area contributed by atoms with Crippen LogP contribution in [0.4, 0.5) is 0 Å². The first kappa shape index (κ1) is 17.6. The lowest BCUT2D eigenvalue weighted by molar-refractivity contribution is -0.164. The predicted octanol–water partition coefficient (Wildman–Crippen LogP) is 0.846. The molecule has 0 saturated carbocycles. The number of rotatable bonds is 5. The minimum Gasteiger partial charge on any atom is -0.393 e. The van der Waals surface area contributed by atoms with E-state index in [0.717, 1.165) is 5.56 Å². The molecule has 1 aromatic carbocycles. The summed E-state index contributed by atoms with van der Waals surface area (Å²) in [4.78, 5) is 18.8. The van der Waals surface area contributed by atoms with Gasteiger partial charge in [0.1, 0.15) is 23.8 Å². The van der Waals surface area contributed by atoms with Gasteiger partial charge < -0.3 is 14.7 Å². The Morgan fingerprint density at radius 3 is 2.76 bits per heavy atom. The second kappa shape index (κ2) is 6.93. The number of morpholine rings is 1. The lowest BCUT2D eigenvalue weighted by Gasteiger charge is -2.44. The molecule has 1 aromatic heterocycles. The van der Waals surface area contributed by atoms with Crippen molar-refractivity contribution >= 4 is 5.91 Å². The fourth-order valence-corrected chi connectivity index (χ4v) is 3.23. The largest absolute Gasteiger partial charge is 0.393 e. The third-order valence-electron chi connectivity index (χ3n) is 4.71. The zero-order chi connectivity index (χ0) is 17.9. The molecule has 2 heterocycles. The zero-order valence-electron chi connectivity index (χ0n) is 14.6. The van der Waals surface area contributed by atoms with Crippen molar-refractivity contribution in [2.45, 2.75) is 31.4 Å². The molecule has 1 saturated heterocycles. The molecule has 1 fully saturated rings. The molecule has 2 aromatic rings. The highest BCUT2D eigenvalue weighted by atomic mass is 16.5. The van der Waals surface area contributed by atoms with E-state index < -0.39 is 11.1 Å². The summed E-state index contributed by atoms with van der Waals surface area (Å²) in [6.45, 7) is 4.72. The Hall–Kier alpha value is -2.25. The summed E-state index contributed by atoms with van der Waals surface area (Å²) in [7, 11) is 0. The monoisotopic (exact) mass is 344 g/mol. The van der Waals surface area contributed by atoms with Gasteiger partial charge in [0.15, 0.2) is 0 Å². The number of aliphatic hydroxyl groups excluding tert-OH is 1. The third kappa shape index (κ3) is 3.57. The van der Waals surface area contributed by atoms with E-state index in [1.807, 2.05) is 44.2 Å². The summed E-state index contributed by atoms with van der Waals surface area (Å²) in [5.41, 5.74) is -0.559. The number of hydrogen-bond acceptors (Lipinski definition) is 5. The number of carbonyl (C=O) groups excluding carboxylic acids is 1. The van der Waals surface area contributed by atoms with Gasteiger partial charge in [-0.3, -0.25) is 4.79 Å². The fourth-order valence-electron chi connectivity index (χ4n) is 3.23. The number of amides is 1. The van der Waals surface area contributed by atoms with Gasteiger partial charge in [0, 0.05) is 13.0 Å². The van der Waals surface area contributed by atoms with Gasteiger partial charge in [0.2, 0.25) is 5.91 Å². The maximum Gasteiger partial charge on any atom is 0.250 e. The molecular formula is C18H24N4O3. The minimum atomic E-state index is -0.845. The van der Waals surface area contributed by atoms with E-state index >= 15 is 0 Å². The standard InChI is InChI=1S/C18H24N4O3/c1-17(2,22-14-19-13-20-22)16(24)21-8-9-25-18(11-21,12-23)10-15-6-4-3-5-7-15/h3-7,13-14,23H,8-12H2,1-2H3/t18-/m1/s1. The Bertz CT molecular complexity index is 702. The molecule has 1 aliphatic rings. The number of aliphatic hydroxyl groups is 1. The maximum atomic E-state index is 13.1. The minimum absolute atomic E-state index is 0.0628. The number of ether oxygens (including phenoxy) is 1. The molecule has 3 rings (SSSR count). The molecular weight excluding hydrogens is 320 g/mol. The molecule has 0 radical (unpaired) electrons. The molecule has 7 heteroatoms. The Morgan fingerprint density at radius 2 is 2.12 bits per heavy atom. The van der Waals surface area contributed by atoms with Crippen molar-refractivity contribution in [2.75, 3.05) is 26.3 Å². The summed E-state index contributed by atoms with van der Waals surface area (Å²) in [5, 5.41) is 14.1. The number of hydrogen-bond donors (Lipinski definition) is 1. The van der Waals surface area contributed by atoms with Crippen LogP contribution in [-0.4, -0.2) is 62.6 Å². The van der Waals surface area contributed by atoms with Crippen LogP contribution in [0.3, 0.4) is 0 Å². The van der Waals surface area contributed by atoms with Gasteiger partial charge in [0.05, 0.1) is 19.8 Å². The molecule has 0 spiro atoms. The highest BCUT2D eigenvalue weighted by Crippen LogP contribution is 2.26. The molecule has 0 bridgehead atoms. The van der Waals surface area contributed by atoms with E-state index in [2.05, 4.69) is 10.1 Å². The SMILES string of the molecule is CC(C)(C(=O)N1CCO[C@](CO)(Cc2ccccc2)C1)n1cncn1. The van der Waals surface area contributed by atoms with Crippen molar-refractivity contribution in [3.63, 3.8) is 0 Å². The quantitative estimate of drug-likeness (QED) is 0.870. The van der Waals surface area contributed by atoms with Crippen LogP contribution in [-0.2, 0) is 21.5 Å². The Labute approximate surface area is 147 Å². The number of aromatic nitrogens is 3. The average molecular weight is 344 g/mol. The van der Waals surface area contributed by atoms with Crippen LogP contribution in [0.1, 0.15) is 19.4 Å². The highest BCUT2D eigenvalue weighted by molar-refractivity contribution is 5.83. The van der Waals surface area contributed by atoms with E-state index in [-0.39, 0.29) is 12.5 Å². The van der Waals surface area contributed by atoms with Crippen molar-refractivity contribution in [2.24, 2.45) is 0 Å². The van der Waals surface area contributed by atoms with Gasteiger partial charge in [-0.1, -0.05) is 30.3 Å². The van der Waals surface area contributed by atoms with Gasteiger partial charge in [0.25, 0.3) is 0 Å². The topological polar surface area (TPSA) is 80.5 Å². The fraction of sp³-hybridized carbons (Fsp3) is 0.500. The molecule has 1 N–H and O–H groups in total. The molecule has 1 atom stereocenters. The molecule has 1 aliphatic heterocycles. The smallest absolute Gasteiger partial charge is 0.250 e. The van der Waals surface area contributed by atoms with E-state index in [1.165, 1.54) is 6.33 Å². The average Bonchev–Trinajstić information content (AvgIpc) is 3.17. The van der Waals surface area contributed by atoms with Gasteiger partial charge in [-0.25, -0.2) is 9.67 Å². The van der Waals surface area contributed by atoms with Crippen LogP contribution in [0.2, 0.25) is 0 Å². The van der Waals surface area contributed by atoms with Crippen molar-refractivity contribution in [1.82, 2.24) is 19.7 Å². The third-order valence-corrected chi connectivity index (χ3v) is 4.71. The normalized spacial score (nSPS) is 21.3. The molecule has 25 heavy (non-hydrogen) atoms. The van der Waals surface area contributed by atoms with Crippen LogP contribution in [0.15, 0.2) is 43.0 Å². The maximum absolute atomic E-state index is 13.1. The van der Waals surface area contributed by atoms with Crippen LogP contribution in [0.25, 0.3) is 0 Å². The second-order valence-corrected chi connectivity index (χ2v) is 6.98. The van der Waals surface area contributed by atoms with E-state index in [0.29, 0.717) is 26.1 Å². The molecule has 0 aliphatic carbocycles. The van der Waals surface area contributed by atoms with Crippen LogP contribution >= 0.6 is 0 Å². The van der Waals surface area contributed by atoms with Gasteiger partial charge in [-0.15, -0.1) is 0 Å². The number of nitrogens with zero attached hydrogens (tertiary/aromatic N) is 4. The number of carbonyl (C=O) groups is 1. The summed E-state index contributed by atoms with van der Waals surface area (Å²) in [5.74, 6) is -0.0628. The highest BCUT2D eigenvalue weighted by Gasteiger charge is 2.42. The Morgan fingerprint density at radius 1 is 1.36 bits per heavy atom. The molecule has 134 valence electrons. The van der Waals surface area contributed by atoms with Crippen LogP contribution in [0.5, 0.6) is 0 Å². The summed E-state index contributed by atoms with van der Waals surface area (Å²) >= 11 is 0. The van der Waals surface area contributed by atoms with Crippen molar-refractivity contribution in [1.29, 1.82) is 0 Å². The summed E-state index contributed by atoms with van der Waals surface area (Å²) in [6.07, 6.45) is 3.52. The Balaban J connectivity index is 1.78. The van der Waals surface area contributed by atoms with Crippen LogP contribution < -0.4 is 0 Å². The lowest BCUT2D eigenvalue weighted by Crippen LogP contribution is -2.60. The van der Waals surface area contributed by atoms with E-state index in [4.69, 9.17) is 4.74 Å². The lowest BCUT2D eigenvalue weighted by atomic mass is 9.92. The Kier molecular flexibility index (Phi) is 4.87. The first-order chi connectivity index (χ1) is 12.0. The van der Waals surface area contributed by atoms with Crippen molar-refractivity contribution < 1.29 is 14.6 Å². The first-order valence-corrected chi connectivity index (χ1v) is 8.40. The van der Waals surface area contributed by atoms with Gasteiger partial charge in [-0.05, 0) is 19.4 Å². The molecule has 1 amide bonds. The zero-order valence-corrected chi connectivity index (χ0v) is 14.6. The number of benzene rings is 1. The van der Waals surface area contributed by atoms with E-state index in [9.17, 15) is 9.90 Å². The second-order valence-electron chi connectivity index (χ2n) is 6.98. The predicted molar refractivity (Wildman–Crippen MR) is 91.8 cm³/mol. The molecule has 0 unspecified atom stereocenters. The van der Waals surface area contributed by atoms with Gasteiger partial charge in [-0.2, -0.15) is 5.10 Å². The van der Waals surface area contributed by atoms with Crippen molar-refractivity contribution in [3.05, 3.63) is 48.5 Å². The first-order valence-electron chi connectivity index (χ1n) is 8.40. The van der Waals surface area contributed by atoms with Gasteiger partial charge >= 0.3 is 0 Å². The van der Waals surface area contributed by atoms with Crippen molar-refractivity contribution in [3.8, 4) is 0 Å². The summed E-state index contributed by atoms with van der Waals surface area (Å²) in [6, 6.07) is 9.87. The van der Waals surface area contributed by atoms with Crippen LogP contribution in [0, 0.1) is 0 Å².